The molecule has 6 heteroatoms. The number of fused-ring (bicyclic) bond motifs is 1. The molecule has 30 heavy (non-hydrogen) atoms. The molecular formula is C24H22F2N4. The number of nitrogens with one attached hydrogen (secondary N) is 2. The Morgan fingerprint density at radius 3 is 2.63 bits per heavy atom. The van der Waals surface area contributed by atoms with E-state index >= 15 is 0 Å². The van der Waals surface area contributed by atoms with Crippen molar-refractivity contribution in [1.82, 2.24) is 20.4 Å². The molecule has 152 valence electrons. The van der Waals surface area contributed by atoms with Crippen LogP contribution in [-0.2, 0) is 6.54 Å². The van der Waals surface area contributed by atoms with E-state index in [1.54, 1.807) is 12.3 Å². The summed E-state index contributed by atoms with van der Waals surface area (Å²) >= 11 is 0. The van der Waals surface area contributed by atoms with Gasteiger partial charge in [0.15, 0.2) is 0 Å². The molecule has 5 rings (SSSR count). The van der Waals surface area contributed by atoms with Gasteiger partial charge < -0.3 is 5.32 Å². The predicted molar refractivity (Wildman–Crippen MR) is 114 cm³/mol. The summed E-state index contributed by atoms with van der Waals surface area (Å²) in [6.45, 7) is 2.89. The fraction of sp³-hybridized carbons (Fsp3) is 0.208. The molecule has 0 amide bonds. The SMILES string of the molecule is Fc1ccc([C@H]2CNCCN2Cc2cc(-c3ccc4[nH]ncc4c3)ccc2F)cc1. The van der Waals surface area contributed by atoms with Crippen molar-refractivity contribution in [1.29, 1.82) is 0 Å². The highest BCUT2D eigenvalue weighted by Gasteiger charge is 2.24. The fourth-order valence-corrected chi connectivity index (χ4v) is 4.17. The second-order valence-electron chi connectivity index (χ2n) is 7.72. The Bertz CT molecular complexity index is 1170. The number of H-pyrrole nitrogens is 1. The highest BCUT2D eigenvalue weighted by Crippen LogP contribution is 2.29. The van der Waals surface area contributed by atoms with Gasteiger partial charge in [-0.05, 0) is 53.1 Å². The number of hydrogen-bond acceptors (Lipinski definition) is 3. The Morgan fingerprint density at radius 2 is 1.77 bits per heavy atom. The van der Waals surface area contributed by atoms with Crippen LogP contribution < -0.4 is 5.32 Å². The van der Waals surface area contributed by atoms with Crippen molar-refractivity contribution < 1.29 is 8.78 Å². The van der Waals surface area contributed by atoms with Gasteiger partial charge in [-0.2, -0.15) is 5.10 Å². The molecule has 0 spiro atoms. The van der Waals surface area contributed by atoms with E-state index in [1.165, 1.54) is 12.1 Å². The van der Waals surface area contributed by atoms with Crippen molar-refractivity contribution in [2.45, 2.75) is 12.6 Å². The van der Waals surface area contributed by atoms with Crippen LogP contribution in [0.25, 0.3) is 22.0 Å². The highest BCUT2D eigenvalue weighted by molar-refractivity contribution is 5.84. The summed E-state index contributed by atoms with van der Waals surface area (Å²) < 4.78 is 28.1. The standard InChI is InChI=1S/C24H22F2N4/c25-21-5-1-16(2-6-21)24-14-27-9-10-30(24)15-20-12-17(3-7-22(20)26)18-4-8-23-19(11-18)13-28-29-23/h1-8,11-13,24,27H,9-10,14-15H2,(H,28,29)/t24-/m1/s1. The lowest BCUT2D eigenvalue weighted by molar-refractivity contribution is 0.152. The van der Waals surface area contributed by atoms with Crippen LogP contribution >= 0.6 is 0 Å². The van der Waals surface area contributed by atoms with E-state index < -0.39 is 0 Å². The first kappa shape index (κ1) is 18.9. The van der Waals surface area contributed by atoms with Gasteiger partial charge in [-0.3, -0.25) is 10.00 Å². The zero-order chi connectivity index (χ0) is 20.5. The van der Waals surface area contributed by atoms with Crippen LogP contribution in [-0.4, -0.2) is 34.7 Å². The number of aromatic amines is 1. The molecule has 0 aliphatic carbocycles. The molecule has 4 nitrogen and oxygen atoms in total. The summed E-state index contributed by atoms with van der Waals surface area (Å²) in [5, 5.41) is 11.4. The maximum Gasteiger partial charge on any atom is 0.127 e. The second kappa shape index (κ2) is 7.97. The molecule has 2 N–H and O–H groups in total. The van der Waals surface area contributed by atoms with Crippen LogP contribution in [0.4, 0.5) is 8.78 Å². The lowest BCUT2D eigenvalue weighted by Crippen LogP contribution is -2.45. The second-order valence-corrected chi connectivity index (χ2v) is 7.72. The monoisotopic (exact) mass is 404 g/mol. The van der Waals surface area contributed by atoms with Gasteiger partial charge in [0.05, 0.1) is 11.7 Å². The lowest BCUT2D eigenvalue weighted by Gasteiger charge is -2.36. The molecule has 1 aromatic heterocycles. The van der Waals surface area contributed by atoms with Gasteiger partial charge in [-0.15, -0.1) is 0 Å². The average molecular weight is 404 g/mol. The van der Waals surface area contributed by atoms with E-state index in [0.717, 1.165) is 47.2 Å². The number of halogens is 2. The van der Waals surface area contributed by atoms with Gasteiger partial charge in [0, 0.05) is 43.2 Å². The van der Waals surface area contributed by atoms with Crippen LogP contribution in [0.2, 0.25) is 0 Å². The van der Waals surface area contributed by atoms with Crippen molar-refractivity contribution in [3.63, 3.8) is 0 Å². The maximum atomic E-state index is 14.7. The minimum Gasteiger partial charge on any atom is -0.314 e. The van der Waals surface area contributed by atoms with Gasteiger partial charge in [0.25, 0.3) is 0 Å². The Labute approximate surface area is 173 Å². The molecular weight excluding hydrogens is 382 g/mol. The lowest BCUT2D eigenvalue weighted by atomic mass is 9.99. The zero-order valence-electron chi connectivity index (χ0n) is 16.4. The van der Waals surface area contributed by atoms with Gasteiger partial charge in [-0.25, -0.2) is 8.78 Å². The topological polar surface area (TPSA) is 44.0 Å². The smallest absolute Gasteiger partial charge is 0.127 e. The minimum atomic E-state index is -0.248. The number of nitrogens with zero attached hydrogens (tertiary/aromatic N) is 2. The maximum absolute atomic E-state index is 14.7. The molecule has 1 fully saturated rings. The van der Waals surface area contributed by atoms with Crippen molar-refractivity contribution in [2.75, 3.05) is 19.6 Å². The van der Waals surface area contributed by atoms with Crippen LogP contribution in [0, 0.1) is 11.6 Å². The molecule has 0 saturated carbocycles. The number of rotatable bonds is 4. The molecule has 1 atom stereocenters. The summed E-state index contributed by atoms with van der Waals surface area (Å²) in [6.07, 6.45) is 1.79. The van der Waals surface area contributed by atoms with Gasteiger partial charge in [0.1, 0.15) is 11.6 Å². The summed E-state index contributed by atoms with van der Waals surface area (Å²) in [6, 6.07) is 18.0. The van der Waals surface area contributed by atoms with E-state index in [0.29, 0.717) is 12.1 Å². The summed E-state index contributed by atoms with van der Waals surface area (Å²) in [5.74, 6) is -0.457. The van der Waals surface area contributed by atoms with Crippen LogP contribution in [0.1, 0.15) is 17.2 Å². The number of benzene rings is 3. The molecule has 1 aliphatic heterocycles. The van der Waals surface area contributed by atoms with Gasteiger partial charge in [-0.1, -0.05) is 24.3 Å². The summed E-state index contributed by atoms with van der Waals surface area (Å²) in [7, 11) is 0. The largest absolute Gasteiger partial charge is 0.314 e. The van der Waals surface area contributed by atoms with Crippen molar-refractivity contribution in [3.05, 3.63) is 89.6 Å². The predicted octanol–water partition coefficient (Wildman–Crippen LogP) is 4.65. The molecule has 4 aromatic rings. The zero-order valence-corrected chi connectivity index (χ0v) is 16.4. The third kappa shape index (κ3) is 3.72. The molecule has 0 radical (unpaired) electrons. The first-order valence-corrected chi connectivity index (χ1v) is 10.1. The number of hydrogen-bond donors (Lipinski definition) is 2. The molecule has 3 aromatic carbocycles. The van der Waals surface area contributed by atoms with Crippen LogP contribution in [0.5, 0.6) is 0 Å². The van der Waals surface area contributed by atoms with Crippen LogP contribution in [0.3, 0.4) is 0 Å². The van der Waals surface area contributed by atoms with E-state index in [4.69, 9.17) is 0 Å². The Balaban J connectivity index is 1.44. The normalized spacial score (nSPS) is 17.5. The summed E-state index contributed by atoms with van der Waals surface area (Å²) in [4.78, 5) is 2.26. The van der Waals surface area contributed by atoms with Crippen molar-refractivity contribution in [3.8, 4) is 11.1 Å². The summed E-state index contributed by atoms with van der Waals surface area (Å²) in [5.41, 5.74) is 4.67. The Morgan fingerprint density at radius 1 is 0.967 bits per heavy atom. The molecule has 1 saturated heterocycles. The molecule has 1 aliphatic rings. The molecule has 2 heterocycles. The average Bonchev–Trinajstić information content (AvgIpc) is 3.24. The highest BCUT2D eigenvalue weighted by atomic mass is 19.1. The number of aromatic nitrogens is 2. The molecule has 0 bridgehead atoms. The van der Waals surface area contributed by atoms with E-state index in [-0.39, 0.29) is 17.7 Å². The van der Waals surface area contributed by atoms with Gasteiger partial charge >= 0.3 is 0 Å². The minimum absolute atomic E-state index is 0.0738. The quantitative estimate of drug-likeness (QED) is 0.520. The number of piperazine rings is 1. The Kier molecular flexibility index (Phi) is 5.02. The third-order valence-electron chi connectivity index (χ3n) is 5.80. The van der Waals surface area contributed by atoms with E-state index in [9.17, 15) is 8.78 Å². The fourth-order valence-electron chi connectivity index (χ4n) is 4.17. The van der Waals surface area contributed by atoms with E-state index in [1.807, 2.05) is 36.4 Å². The van der Waals surface area contributed by atoms with Crippen molar-refractivity contribution >= 4 is 10.9 Å². The van der Waals surface area contributed by atoms with Crippen molar-refractivity contribution in [2.24, 2.45) is 0 Å². The Hall–Kier alpha value is -3.09. The van der Waals surface area contributed by atoms with E-state index in [2.05, 4.69) is 26.5 Å². The first-order valence-electron chi connectivity index (χ1n) is 10.1. The van der Waals surface area contributed by atoms with Gasteiger partial charge in [0.2, 0.25) is 0 Å². The molecule has 0 unspecified atom stereocenters. The first-order chi connectivity index (χ1) is 14.7. The van der Waals surface area contributed by atoms with Crippen LogP contribution in [0.15, 0.2) is 66.9 Å². The third-order valence-corrected chi connectivity index (χ3v) is 5.80.